The van der Waals surface area contributed by atoms with Gasteiger partial charge in [0.25, 0.3) is 0 Å². The van der Waals surface area contributed by atoms with Gasteiger partial charge < -0.3 is 20.3 Å². The van der Waals surface area contributed by atoms with E-state index in [4.69, 9.17) is 9.73 Å². The smallest absolute Gasteiger partial charge is 0.191 e. The molecule has 26 heavy (non-hydrogen) atoms. The van der Waals surface area contributed by atoms with Gasteiger partial charge in [0.1, 0.15) is 0 Å². The van der Waals surface area contributed by atoms with E-state index in [0.29, 0.717) is 0 Å². The summed E-state index contributed by atoms with van der Waals surface area (Å²) in [6.07, 6.45) is 7.76. The highest BCUT2D eigenvalue weighted by atomic mass is 16.5. The van der Waals surface area contributed by atoms with Crippen molar-refractivity contribution in [2.45, 2.75) is 58.4 Å². The average Bonchev–Trinajstić information content (AvgIpc) is 2.67. The molecule has 1 unspecified atom stereocenters. The van der Waals surface area contributed by atoms with E-state index in [1.54, 1.807) is 0 Å². The maximum absolute atomic E-state index is 5.39. The second kappa shape index (κ2) is 13.3. The molecule has 152 valence electrons. The predicted octanol–water partition coefficient (Wildman–Crippen LogP) is 1.92. The highest BCUT2D eigenvalue weighted by Crippen LogP contribution is 2.16. The molecule has 2 rings (SSSR count). The molecule has 2 aliphatic heterocycles. The summed E-state index contributed by atoms with van der Waals surface area (Å²) in [5.41, 5.74) is 0. The summed E-state index contributed by atoms with van der Waals surface area (Å²) >= 11 is 0. The number of unbranched alkanes of at least 4 members (excludes halogenated alkanes) is 1. The van der Waals surface area contributed by atoms with E-state index < -0.39 is 0 Å². The molecule has 0 aromatic heterocycles. The molecule has 0 aromatic carbocycles. The molecule has 6 heteroatoms. The summed E-state index contributed by atoms with van der Waals surface area (Å²) in [5, 5.41) is 6.86. The molecule has 0 spiro atoms. The number of nitrogens with one attached hydrogen (secondary N) is 2. The fraction of sp³-hybridized carbons (Fsp3) is 0.950. The molecule has 0 saturated carbocycles. The van der Waals surface area contributed by atoms with Crippen molar-refractivity contribution >= 4 is 5.96 Å². The van der Waals surface area contributed by atoms with E-state index in [1.807, 2.05) is 0 Å². The third-order valence-electron chi connectivity index (χ3n) is 5.46. The van der Waals surface area contributed by atoms with Crippen molar-refractivity contribution in [3.8, 4) is 0 Å². The van der Waals surface area contributed by atoms with Gasteiger partial charge in [-0.1, -0.05) is 6.42 Å². The van der Waals surface area contributed by atoms with Crippen LogP contribution in [0, 0.1) is 0 Å². The maximum atomic E-state index is 5.39. The Labute approximate surface area is 160 Å². The van der Waals surface area contributed by atoms with E-state index in [2.05, 4.69) is 34.3 Å². The fourth-order valence-electron chi connectivity index (χ4n) is 3.79. The van der Waals surface area contributed by atoms with Crippen LogP contribution in [0.2, 0.25) is 0 Å². The predicted molar refractivity (Wildman–Crippen MR) is 110 cm³/mol. The van der Waals surface area contributed by atoms with Crippen LogP contribution in [0.15, 0.2) is 4.99 Å². The molecule has 0 aliphatic carbocycles. The molecular formula is C20H41N5O. The van der Waals surface area contributed by atoms with Crippen LogP contribution in [-0.2, 0) is 4.74 Å². The van der Waals surface area contributed by atoms with Gasteiger partial charge in [0.2, 0.25) is 0 Å². The molecule has 2 N–H and O–H groups in total. The van der Waals surface area contributed by atoms with E-state index >= 15 is 0 Å². The number of morpholine rings is 1. The Morgan fingerprint density at radius 1 is 1.04 bits per heavy atom. The number of guanidine groups is 1. The molecule has 1 atom stereocenters. The minimum Gasteiger partial charge on any atom is -0.379 e. The van der Waals surface area contributed by atoms with Gasteiger partial charge in [-0.25, -0.2) is 0 Å². The van der Waals surface area contributed by atoms with Gasteiger partial charge in [0, 0.05) is 45.3 Å². The van der Waals surface area contributed by atoms with Crippen LogP contribution in [0.5, 0.6) is 0 Å². The first-order valence-corrected chi connectivity index (χ1v) is 10.9. The number of piperidine rings is 1. The summed E-state index contributed by atoms with van der Waals surface area (Å²) in [5.74, 6) is 0.973. The van der Waals surface area contributed by atoms with Gasteiger partial charge in [0.15, 0.2) is 5.96 Å². The summed E-state index contributed by atoms with van der Waals surface area (Å²) in [4.78, 5) is 9.86. The fourth-order valence-corrected chi connectivity index (χ4v) is 3.79. The number of likely N-dealkylation sites (tertiary alicyclic amines) is 1. The Balaban J connectivity index is 1.54. The lowest BCUT2D eigenvalue weighted by atomic mass is 10.0. The molecule has 2 heterocycles. The summed E-state index contributed by atoms with van der Waals surface area (Å²) in [6.45, 7) is 14.9. The van der Waals surface area contributed by atoms with Gasteiger partial charge in [-0.3, -0.25) is 9.89 Å². The van der Waals surface area contributed by atoms with Crippen molar-refractivity contribution in [2.75, 3.05) is 65.6 Å². The Kier molecular flexibility index (Phi) is 11.0. The highest BCUT2D eigenvalue weighted by Gasteiger charge is 2.17. The lowest BCUT2D eigenvalue weighted by Gasteiger charge is -2.33. The number of rotatable bonds is 10. The van der Waals surface area contributed by atoms with Crippen molar-refractivity contribution in [3.05, 3.63) is 0 Å². The highest BCUT2D eigenvalue weighted by molar-refractivity contribution is 5.79. The number of nitrogens with zero attached hydrogens (tertiary/aromatic N) is 3. The van der Waals surface area contributed by atoms with E-state index in [9.17, 15) is 0 Å². The van der Waals surface area contributed by atoms with Gasteiger partial charge in [-0.05, 0) is 59.0 Å². The second-order valence-electron chi connectivity index (χ2n) is 7.58. The minimum atomic E-state index is 0.780. The van der Waals surface area contributed by atoms with Crippen LogP contribution < -0.4 is 10.6 Å². The summed E-state index contributed by atoms with van der Waals surface area (Å²) < 4.78 is 5.39. The van der Waals surface area contributed by atoms with Crippen molar-refractivity contribution in [1.82, 2.24) is 20.4 Å². The molecule has 0 radical (unpaired) electrons. The van der Waals surface area contributed by atoms with Gasteiger partial charge >= 0.3 is 0 Å². The largest absolute Gasteiger partial charge is 0.379 e. The summed E-state index contributed by atoms with van der Waals surface area (Å²) in [6, 6.07) is 0.780. The molecule has 2 aliphatic rings. The van der Waals surface area contributed by atoms with Crippen LogP contribution in [-0.4, -0.2) is 87.4 Å². The van der Waals surface area contributed by atoms with Crippen LogP contribution >= 0.6 is 0 Å². The third kappa shape index (κ3) is 8.69. The quantitative estimate of drug-likeness (QED) is 0.351. The first kappa shape index (κ1) is 21.5. The number of aliphatic imine (C=N–C) groups is 1. The Morgan fingerprint density at radius 2 is 1.88 bits per heavy atom. The number of ether oxygens (including phenoxy) is 1. The standard InChI is InChI=1S/C20H41N5O/c1-3-21-20(23-11-8-12-24-15-17-26-18-16-24)22-10-5-7-14-25-13-6-4-9-19(25)2/h19H,3-18H2,1-2H3,(H2,21,22,23). The lowest BCUT2D eigenvalue weighted by Crippen LogP contribution is -2.39. The van der Waals surface area contributed by atoms with Gasteiger partial charge in [-0.15, -0.1) is 0 Å². The number of hydrogen-bond donors (Lipinski definition) is 2. The van der Waals surface area contributed by atoms with Crippen molar-refractivity contribution in [2.24, 2.45) is 4.99 Å². The van der Waals surface area contributed by atoms with Crippen LogP contribution in [0.25, 0.3) is 0 Å². The third-order valence-corrected chi connectivity index (χ3v) is 5.46. The topological polar surface area (TPSA) is 52.1 Å². The molecular weight excluding hydrogens is 326 g/mol. The Hall–Kier alpha value is -0.850. The van der Waals surface area contributed by atoms with Crippen LogP contribution in [0.3, 0.4) is 0 Å². The zero-order chi connectivity index (χ0) is 18.5. The monoisotopic (exact) mass is 367 g/mol. The van der Waals surface area contributed by atoms with E-state index in [-0.39, 0.29) is 0 Å². The van der Waals surface area contributed by atoms with Crippen molar-refractivity contribution in [1.29, 1.82) is 0 Å². The average molecular weight is 368 g/mol. The van der Waals surface area contributed by atoms with Crippen LogP contribution in [0.4, 0.5) is 0 Å². The molecule has 2 saturated heterocycles. The van der Waals surface area contributed by atoms with Crippen LogP contribution in [0.1, 0.15) is 52.4 Å². The zero-order valence-electron chi connectivity index (χ0n) is 17.1. The molecule has 6 nitrogen and oxygen atoms in total. The van der Waals surface area contributed by atoms with Gasteiger partial charge in [-0.2, -0.15) is 0 Å². The maximum Gasteiger partial charge on any atom is 0.191 e. The second-order valence-corrected chi connectivity index (χ2v) is 7.58. The summed E-state index contributed by atoms with van der Waals surface area (Å²) in [7, 11) is 0. The minimum absolute atomic E-state index is 0.780. The van der Waals surface area contributed by atoms with Crippen molar-refractivity contribution in [3.63, 3.8) is 0 Å². The van der Waals surface area contributed by atoms with E-state index in [0.717, 1.165) is 70.9 Å². The normalized spacial score (nSPS) is 23.2. The van der Waals surface area contributed by atoms with Gasteiger partial charge in [0.05, 0.1) is 13.2 Å². The zero-order valence-corrected chi connectivity index (χ0v) is 17.1. The molecule has 0 aromatic rings. The Bertz CT molecular complexity index is 384. The number of hydrogen-bond acceptors (Lipinski definition) is 4. The van der Waals surface area contributed by atoms with Crippen molar-refractivity contribution < 1.29 is 4.74 Å². The Morgan fingerprint density at radius 3 is 2.65 bits per heavy atom. The lowest BCUT2D eigenvalue weighted by molar-refractivity contribution is 0.0377. The molecule has 0 amide bonds. The SMILES string of the molecule is CCNC(=NCCCN1CCOCC1)NCCCCN1CCCCC1C. The first-order valence-electron chi connectivity index (χ1n) is 10.9. The molecule has 2 fully saturated rings. The molecule has 0 bridgehead atoms. The first-order chi connectivity index (χ1) is 12.8. The van der Waals surface area contributed by atoms with E-state index in [1.165, 1.54) is 45.2 Å².